The fourth-order valence-corrected chi connectivity index (χ4v) is 3.32. The minimum atomic E-state index is -1.54. The van der Waals surface area contributed by atoms with Crippen LogP contribution in [0, 0.1) is 29.2 Å². The van der Waals surface area contributed by atoms with Crippen LogP contribution in [0.3, 0.4) is 0 Å². The van der Waals surface area contributed by atoms with E-state index in [0.29, 0.717) is 11.8 Å². The van der Waals surface area contributed by atoms with Crippen LogP contribution in [0.15, 0.2) is 30.3 Å². The molecule has 1 aliphatic carbocycles. The summed E-state index contributed by atoms with van der Waals surface area (Å²) in [5.41, 5.74) is 1.000. The van der Waals surface area contributed by atoms with Gasteiger partial charge >= 0.3 is 0 Å². The van der Waals surface area contributed by atoms with Gasteiger partial charge in [-0.2, -0.15) is 0 Å². The van der Waals surface area contributed by atoms with Gasteiger partial charge in [0.15, 0.2) is 17.5 Å². The average Bonchev–Trinajstić information content (AvgIpc) is 2.53. The van der Waals surface area contributed by atoms with Gasteiger partial charge in [0.05, 0.1) is 0 Å². The molecule has 0 nitrogen and oxygen atoms in total. The van der Waals surface area contributed by atoms with Crippen LogP contribution in [0.2, 0.25) is 0 Å². The summed E-state index contributed by atoms with van der Waals surface area (Å²) in [6, 6.07) is 6.40. The number of hydrogen-bond donors (Lipinski definition) is 0. The zero-order valence-corrected chi connectivity index (χ0v) is 12.9. The monoisotopic (exact) mass is 338 g/mol. The van der Waals surface area contributed by atoms with Gasteiger partial charge in [-0.05, 0) is 54.0 Å². The van der Waals surface area contributed by atoms with E-state index in [4.69, 9.17) is 0 Å². The largest absolute Gasteiger partial charge is 0.206 e. The van der Waals surface area contributed by atoms with E-state index in [1.807, 2.05) is 0 Å². The maximum absolute atomic E-state index is 14.4. The molecule has 1 fully saturated rings. The van der Waals surface area contributed by atoms with Crippen molar-refractivity contribution in [3.8, 4) is 11.1 Å². The first-order valence-electron chi connectivity index (χ1n) is 7.90. The Labute approximate surface area is 140 Å². The van der Waals surface area contributed by atoms with Gasteiger partial charge in [-0.25, -0.2) is 17.6 Å². The van der Waals surface area contributed by atoms with E-state index >= 15 is 0 Å². The van der Waals surface area contributed by atoms with E-state index < -0.39 is 23.3 Å². The highest BCUT2D eigenvalue weighted by atomic mass is 19.2. The van der Waals surface area contributed by atoms with E-state index in [-0.39, 0.29) is 18.6 Å². The molecular weight excluding hydrogens is 316 g/mol. The van der Waals surface area contributed by atoms with E-state index in [1.165, 1.54) is 12.1 Å². The lowest BCUT2D eigenvalue weighted by Gasteiger charge is -2.26. The van der Waals surface area contributed by atoms with Crippen LogP contribution in [-0.2, 0) is 0 Å². The van der Waals surface area contributed by atoms with Crippen molar-refractivity contribution in [1.82, 2.24) is 0 Å². The molecular formula is C20H22F4. The molecule has 3 rings (SSSR count). The van der Waals surface area contributed by atoms with Gasteiger partial charge in [-0.15, -0.1) is 0 Å². The topological polar surface area (TPSA) is 0 Å². The Hall–Kier alpha value is -1.84. The molecule has 2 aromatic carbocycles. The molecule has 1 saturated carbocycles. The normalized spacial score (nSPS) is 20.5. The third-order valence-corrected chi connectivity index (χ3v) is 4.78. The van der Waals surface area contributed by atoms with E-state index in [0.717, 1.165) is 43.4 Å². The lowest BCUT2D eigenvalue weighted by atomic mass is 9.79. The quantitative estimate of drug-likeness (QED) is 0.415. The molecule has 0 N–H and O–H groups in total. The summed E-state index contributed by atoms with van der Waals surface area (Å²) < 4.78 is 54.1. The summed E-state index contributed by atoms with van der Waals surface area (Å²) in [4.78, 5) is 0. The van der Waals surface area contributed by atoms with Crippen LogP contribution < -0.4 is 0 Å². The summed E-state index contributed by atoms with van der Waals surface area (Å²) in [5, 5.41) is 0. The van der Waals surface area contributed by atoms with E-state index in [9.17, 15) is 17.6 Å². The number of halogens is 4. The van der Waals surface area contributed by atoms with E-state index in [2.05, 4.69) is 6.92 Å². The fraction of sp³-hybridized carbons (Fsp3) is 0.400. The summed E-state index contributed by atoms with van der Waals surface area (Å²) in [5.74, 6) is -3.67. The Morgan fingerprint density at radius 2 is 1.38 bits per heavy atom. The van der Waals surface area contributed by atoms with Crippen LogP contribution in [0.5, 0.6) is 0 Å². The molecule has 0 spiro atoms. The summed E-state index contributed by atoms with van der Waals surface area (Å²) in [6.45, 7) is 2.22. The van der Waals surface area contributed by atoms with Crippen molar-refractivity contribution < 1.29 is 17.6 Å². The van der Waals surface area contributed by atoms with Crippen LogP contribution in [0.1, 0.15) is 51.5 Å². The van der Waals surface area contributed by atoms with Crippen molar-refractivity contribution >= 4 is 0 Å². The Kier molecular flexibility index (Phi) is 5.68. The molecule has 0 aliphatic heterocycles. The summed E-state index contributed by atoms with van der Waals surface area (Å²) in [7, 11) is 0. The van der Waals surface area contributed by atoms with Crippen molar-refractivity contribution in [2.24, 2.45) is 5.92 Å². The van der Waals surface area contributed by atoms with Gasteiger partial charge in [0.1, 0.15) is 5.82 Å². The van der Waals surface area contributed by atoms with Gasteiger partial charge in [0, 0.05) is 5.56 Å². The Morgan fingerprint density at radius 3 is 1.92 bits per heavy atom. The average molecular weight is 338 g/mol. The molecule has 4 heteroatoms. The second-order valence-electron chi connectivity index (χ2n) is 6.45. The number of rotatable bonds is 2. The zero-order valence-electron chi connectivity index (χ0n) is 12.9. The van der Waals surface area contributed by atoms with Crippen molar-refractivity contribution in [1.29, 1.82) is 0 Å². The molecule has 0 heterocycles. The van der Waals surface area contributed by atoms with Crippen molar-refractivity contribution in [3.63, 3.8) is 0 Å². The first-order chi connectivity index (χ1) is 11.0. The van der Waals surface area contributed by atoms with Gasteiger partial charge in [-0.1, -0.05) is 39.3 Å². The minimum absolute atomic E-state index is 0. The molecule has 0 saturated heterocycles. The van der Waals surface area contributed by atoms with Gasteiger partial charge in [0.25, 0.3) is 0 Å². The molecule has 1 aliphatic rings. The fourth-order valence-electron chi connectivity index (χ4n) is 3.32. The van der Waals surface area contributed by atoms with Gasteiger partial charge < -0.3 is 0 Å². The first-order valence-corrected chi connectivity index (χ1v) is 7.90. The lowest BCUT2D eigenvalue weighted by Crippen LogP contribution is -2.11. The number of benzene rings is 2. The standard InChI is InChI=1S/C19H18F4.CH4/c1-11-2-4-12(5-3-11)13-6-7-15(16(20)8-13)14-9-17(21)19(23)18(22)10-14;/h6-12H,2-5H2,1H3;1H4. The number of hydrogen-bond acceptors (Lipinski definition) is 0. The molecule has 24 heavy (non-hydrogen) atoms. The SMILES string of the molecule is C.CC1CCC(c2ccc(-c3cc(F)c(F)c(F)c3)c(F)c2)CC1. The lowest BCUT2D eigenvalue weighted by molar-refractivity contribution is 0.347. The highest BCUT2D eigenvalue weighted by Gasteiger charge is 2.21. The molecule has 0 unspecified atom stereocenters. The third kappa shape index (κ3) is 3.63. The molecule has 2 aromatic rings. The highest BCUT2D eigenvalue weighted by molar-refractivity contribution is 5.65. The molecule has 0 radical (unpaired) electrons. The van der Waals surface area contributed by atoms with Gasteiger partial charge in [-0.3, -0.25) is 0 Å². The van der Waals surface area contributed by atoms with Crippen molar-refractivity contribution in [2.45, 2.75) is 46.0 Å². The predicted molar refractivity (Wildman–Crippen MR) is 88.8 cm³/mol. The Balaban J connectivity index is 0.00000208. The molecule has 0 atom stereocenters. The molecule has 130 valence electrons. The Morgan fingerprint density at radius 1 is 0.792 bits per heavy atom. The summed E-state index contributed by atoms with van der Waals surface area (Å²) in [6.07, 6.45) is 4.31. The maximum Gasteiger partial charge on any atom is 0.194 e. The van der Waals surface area contributed by atoms with Crippen LogP contribution in [-0.4, -0.2) is 0 Å². The van der Waals surface area contributed by atoms with E-state index in [1.54, 1.807) is 6.07 Å². The summed E-state index contributed by atoms with van der Waals surface area (Å²) >= 11 is 0. The molecule has 0 aromatic heterocycles. The Bertz CT molecular complexity index is 693. The second-order valence-corrected chi connectivity index (χ2v) is 6.45. The molecule has 0 bridgehead atoms. The van der Waals surface area contributed by atoms with Crippen molar-refractivity contribution in [3.05, 3.63) is 59.2 Å². The third-order valence-electron chi connectivity index (χ3n) is 4.78. The second kappa shape index (κ2) is 7.37. The van der Waals surface area contributed by atoms with Gasteiger partial charge in [0.2, 0.25) is 0 Å². The van der Waals surface area contributed by atoms with Crippen LogP contribution >= 0.6 is 0 Å². The zero-order chi connectivity index (χ0) is 16.6. The smallest absolute Gasteiger partial charge is 0.194 e. The maximum atomic E-state index is 14.4. The van der Waals surface area contributed by atoms with Crippen LogP contribution in [0.25, 0.3) is 11.1 Å². The van der Waals surface area contributed by atoms with Crippen molar-refractivity contribution in [2.75, 3.05) is 0 Å². The molecule has 0 amide bonds. The van der Waals surface area contributed by atoms with Crippen LogP contribution in [0.4, 0.5) is 17.6 Å². The first kappa shape index (κ1) is 18.5. The highest BCUT2D eigenvalue weighted by Crippen LogP contribution is 2.37. The predicted octanol–water partition coefficient (Wildman–Crippen LogP) is 6.84. The minimum Gasteiger partial charge on any atom is -0.206 e.